The molecule has 114 valence electrons. The standard InChI is InChI=1S/C14H22O5S/c1-4-18-14(19-5-2)10-11-20(15,16)13-9-7-6-8-12(13)17-3/h6-9,14H,4-5,10-11H2,1-3H3. The van der Waals surface area contributed by atoms with Crippen LogP contribution in [-0.4, -0.2) is 40.8 Å². The fourth-order valence-corrected chi connectivity index (χ4v) is 3.29. The van der Waals surface area contributed by atoms with Gasteiger partial charge in [-0.05, 0) is 26.0 Å². The topological polar surface area (TPSA) is 61.8 Å². The minimum atomic E-state index is -3.42. The summed E-state index contributed by atoms with van der Waals surface area (Å²) in [5.41, 5.74) is 0. The largest absolute Gasteiger partial charge is 0.495 e. The van der Waals surface area contributed by atoms with Crippen LogP contribution in [0.2, 0.25) is 0 Å². The lowest BCUT2D eigenvalue weighted by atomic mass is 10.3. The number of methoxy groups -OCH3 is 1. The summed E-state index contributed by atoms with van der Waals surface area (Å²) < 4.78 is 40.5. The van der Waals surface area contributed by atoms with Crippen molar-refractivity contribution in [3.63, 3.8) is 0 Å². The third-order valence-corrected chi connectivity index (χ3v) is 4.51. The molecule has 0 spiro atoms. The van der Waals surface area contributed by atoms with E-state index in [0.717, 1.165) is 0 Å². The number of hydrogen-bond acceptors (Lipinski definition) is 5. The number of para-hydroxylation sites is 1. The summed E-state index contributed by atoms with van der Waals surface area (Å²) in [7, 11) is -1.96. The van der Waals surface area contributed by atoms with E-state index in [0.29, 0.717) is 25.4 Å². The van der Waals surface area contributed by atoms with Gasteiger partial charge in [0.25, 0.3) is 0 Å². The molecule has 5 nitrogen and oxygen atoms in total. The Morgan fingerprint density at radius 2 is 1.70 bits per heavy atom. The zero-order chi connectivity index (χ0) is 15.0. The van der Waals surface area contributed by atoms with Crippen LogP contribution in [0.15, 0.2) is 29.2 Å². The molecular weight excluding hydrogens is 280 g/mol. The molecule has 0 fully saturated rings. The van der Waals surface area contributed by atoms with Crippen molar-refractivity contribution < 1.29 is 22.6 Å². The summed E-state index contributed by atoms with van der Waals surface area (Å²) in [5.74, 6) is 0.315. The molecule has 0 amide bonds. The molecular formula is C14H22O5S. The number of hydrogen-bond donors (Lipinski definition) is 0. The van der Waals surface area contributed by atoms with Gasteiger partial charge in [0.15, 0.2) is 16.1 Å². The number of ether oxygens (including phenoxy) is 3. The first-order valence-corrected chi connectivity index (χ1v) is 8.29. The van der Waals surface area contributed by atoms with E-state index in [1.807, 2.05) is 13.8 Å². The molecule has 0 bridgehead atoms. The second kappa shape index (κ2) is 8.24. The van der Waals surface area contributed by atoms with Gasteiger partial charge < -0.3 is 14.2 Å². The minimum absolute atomic E-state index is 0.0436. The van der Waals surface area contributed by atoms with Gasteiger partial charge in [0.1, 0.15) is 10.6 Å². The van der Waals surface area contributed by atoms with Crippen molar-refractivity contribution >= 4 is 9.84 Å². The van der Waals surface area contributed by atoms with Gasteiger partial charge >= 0.3 is 0 Å². The second-order valence-electron chi connectivity index (χ2n) is 4.10. The quantitative estimate of drug-likeness (QED) is 0.655. The summed E-state index contributed by atoms with van der Waals surface area (Å²) in [4.78, 5) is 0.203. The zero-order valence-electron chi connectivity index (χ0n) is 12.2. The van der Waals surface area contributed by atoms with Crippen molar-refractivity contribution in [1.29, 1.82) is 0 Å². The molecule has 0 radical (unpaired) electrons. The zero-order valence-corrected chi connectivity index (χ0v) is 13.0. The first-order valence-electron chi connectivity index (χ1n) is 6.64. The molecule has 20 heavy (non-hydrogen) atoms. The third-order valence-electron chi connectivity index (χ3n) is 2.73. The van der Waals surface area contributed by atoms with E-state index >= 15 is 0 Å². The summed E-state index contributed by atoms with van der Waals surface area (Å²) in [6.07, 6.45) is -0.198. The molecule has 1 rings (SSSR count). The molecule has 0 aliphatic rings. The van der Waals surface area contributed by atoms with Gasteiger partial charge in [0.05, 0.1) is 12.9 Å². The average Bonchev–Trinajstić information content (AvgIpc) is 2.45. The van der Waals surface area contributed by atoms with Gasteiger partial charge in [-0.1, -0.05) is 12.1 Å². The molecule has 1 aromatic rings. The van der Waals surface area contributed by atoms with E-state index in [-0.39, 0.29) is 10.6 Å². The van der Waals surface area contributed by atoms with Gasteiger partial charge in [-0.15, -0.1) is 0 Å². The van der Waals surface area contributed by atoms with Crippen LogP contribution in [0.1, 0.15) is 20.3 Å². The van der Waals surface area contributed by atoms with E-state index in [2.05, 4.69) is 0 Å². The van der Waals surface area contributed by atoms with E-state index in [1.54, 1.807) is 24.3 Å². The Balaban J connectivity index is 2.78. The Bertz CT molecular complexity index is 492. The van der Waals surface area contributed by atoms with E-state index in [9.17, 15) is 8.42 Å². The average molecular weight is 302 g/mol. The van der Waals surface area contributed by atoms with Crippen LogP contribution in [0.25, 0.3) is 0 Å². The van der Waals surface area contributed by atoms with Gasteiger partial charge in [0, 0.05) is 19.6 Å². The summed E-state index contributed by atoms with van der Waals surface area (Å²) in [6.45, 7) is 4.67. The molecule has 0 N–H and O–H groups in total. The number of benzene rings is 1. The highest BCUT2D eigenvalue weighted by molar-refractivity contribution is 7.91. The highest BCUT2D eigenvalue weighted by Gasteiger charge is 2.21. The van der Waals surface area contributed by atoms with E-state index < -0.39 is 16.1 Å². The van der Waals surface area contributed by atoms with Crippen molar-refractivity contribution in [3.05, 3.63) is 24.3 Å². The summed E-state index contributed by atoms with van der Waals surface area (Å²) in [5, 5.41) is 0. The van der Waals surface area contributed by atoms with Crippen LogP contribution in [0.5, 0.6) is 5.75 Å². The van der Waals surface area contributed by atoms with Crippen molar-refractivity contribution in [2.75, 3.05) is 26.1 Å². The van der Waals surface area contributed by atoms with Gasteiger partial charge in [-0.2, -0.15) is 0 Å². The number of rotatable bonds is 9. The first-order chi connectivity index (χ1) is 9.55. The Morgan fingerprint density at radius 1 is 1.10 bits per heavy atom. The van der Waals surface area contributed by atoms with E-state index in [4.69, 9.17) is 14.2 Å². The highest BCUT2D eigenvalue weighted by atomic mass is 32.2. The fourth-order valence-electron chi connectivity index (χ4n) is 1.82. The highest BCUT2D eigenvalue weighted by Crippen LogP contribution is 2.24. The maximum absolute atomic E-state index is 12.3. The fraction of sp³-hybridized carbons (Fsp3) is 0.571. The van der Waals surface area contributed by atoms with Crippen molar-refractivity contribution in [1.82, 2.24) is 0 Å². The van der Waals surface area contributed by atoms with Crippen molar-refractivity contribution in [2.24, 2.45) is 0 Å². The molecule has 0 saturated heterocycles. The lowest BCUT2D eigenvalue weighted by Crippen LogP contribution is -2.22. The van der Waals surface area contributed by atoms with Gasteiger partial charge in [-0.3, -0.25) is 0 Å². The first kappa shape index (κ1) is 16.9. The predicted molar refractivity (Wildman–Crippen MR) is 76.7 cm³/mol. The van der Waals surface area contributed by atoms with Gasteiger partial charge in [0.2, 0.25) is 0 Å². The maximum Gasteiger partial charge on any atom is 0.182 e. The van der Waals surface area contributed by atoms with Crippen LogP contribution in [-0.2, 0) is 19.3 Å². The van der Waals surface area contributed by atoms with Crippen LogP contribution in [0.4, 0.5) is 0 Å². The second-order valence-corrected chi connectivity index (χ2v) is 6.18. The lowest BCUT2D eigenvalue weighted by Gasteiger charge is -2.17. The molecule has 6 heteroatoms. The Labute approximate surface area is 120 Å². The third kappa shape index (κ3) is 4.77. The minimum Gasteiger partial charge on any atom is -0.495 e. The van der Waals surface area contributed by atoms with Gasteiger partial charge in [-0.25, -0.2) is 8.42 Å². The van der Waals surface area contributed by atoms with Crippen LogP contribution < -0.4 is 4.74 Å². The Morgan fingerprint density at radius 3 is 2.25 bits per heavy atom. The maximum atomic E-state index is 12.3. The number of sulfone groups is 1. The normalized spacial score (nSPS) is 11.8. The Kier molecular flexibility index (Phi) is 6.98. The molecule has 1 aromatic carbocycles. The van der Waals surface area contributed by atoms with Crippen LogP contribution in [0.3, 0.4) is 0 Å². The van der Waals surface area contributed by atoms with Crippen molar-refractivity contribution in [2.45, 2.75) is 31.5 Å². The Hall–Kier alpha value is -1.11. The monoisotopic (exact) mass is 302 g/mol. The van der Waals surface area contributed by atoms with E-state index in [1.165, 1.54) is 7.11 Å². The van der Waals surface area contributed by atoms with Crippen LogP contribution >= 0.6 is 0 Å². The summed E-state index contributed by atoms with van der Waals surface area (Å²) >= 11 is 0. The molecule has 0 aliphatic carbocycles. The molecule has 0 aliphatic heterocycles. The lowest BCUT2D eigenvalue weighted by molar-refractivity contribution is -0.136. The molecule has 0 heterocycles. The van der Waals surface area contributed by atoms with Crippen LogP contribution in [0, 0.1) is 0 Å². The van der Waals surface area contributed by atoms with Crippen molar-refractivity contribution in [3.8, 4) is 5.75 Å². The smallest absolute Gasteiger partial charge is 0.182 e. The molecule has 0 unspecified atom stereocenters. The molecule has 0 aromatic heterocycles. The predicted octanol–water partition coefficient (Wildman–Crippen LogP) is 2.26. The SMILES string of the molecule is CCOC(CCS(=O)(=O)c1ccccc1OC)OCC. The molecule has 0 saturated carbocycles. The molecule has 0 atom stereocenters. The summed E-state index contributed by atoms with van der Waals surface area (Å²) in [6, 6.07) is 6.60.